The highest BCUT2D eigenvalue weighted by atomic mass is 35.5. The van der Waals surface area contributed by atoms with Crippen LogP contribution in [-0.2, 0) is 0 Å². The fourth-order valence-corrected chi connectivity index (χ4v) is 5.44. The van der Waals surface area contributed by atoms with Crippen LogP contribution in [0.5, 0.6) is 0 Å². The Morgan fingerprint density at radius 3 is 2.89 bits per heavy atom. The molecule has 0 amide bonds. The average molecular weight is 314 g/mol. The van der Waals surface area contributed by atoms with Crippen molar-refractivity contribution in [1.29, 1.82) is 0 Å². The van der Waals surface area contributed by atoms with Gasteiger partial charge in [-0.05, 0) is 24.3 Å². The van der Waals surface area contributed by atoms with Crippen molar-refractivity contribution in [2.75, 3.05) is 11.5 Å². The van der Waals surface area contributed by atoms with E-state index in [1.807, 2.05) is 47.8 Å². The van der Waals surface area contributed by atoms with Gasteiger partial charge >= 0.3 is 0 Å². The van der Waals surface area contributed by atoms with Gasteiger partial charge < -0.3 is 10.2 Å². The zero-order valence-corrected chi connectivity index (χ0v) is 13.0. The minimum atomic E-state index is -0.0565. The van der Waals surface area contributed by atoms with Crippen molar-refractivity contribution in [3.05, 3.63) is 35.0 Å². The standard InChI is InChI=1S/C14H16ClNOS2/c1-8-14(19-5-4-18-8)13(16)12-7-9-6-10(15)2-3-11(9)17-12/h2-3,6-8,13-14H,4-5,16H2,1H3. The molecular weight excluding hydrogens is 298 g/mol. The highest BCUT2D eigenvalue weighted by molar-refractivity contribution is 8.07. The lowest BCUT2D eigenvalue weighted by atomic mass is 10.1. The summed E-state index contributed by atoms with van der Waals surface area (Å²) < 4.78 is 5.88. The van der Waals surface area contributed by atoms with Crippen molar-refractivity contribution < 1.29 is 4.42 Å². The number of hydrogen-bond acceptors (Lipinski definition) is 4. The smallest absolute Gasteiger partial charge is 0.134 e. The quantitative estimate of drug-likeness (QED) is 0.896. The molecule has 1 saturated heterocycles. The molecule has 1 aromatic carbocycles. The van der Waals surface area contributed by atoms with Crippen LogP contribution in [0, 0.1) is 0 Å². The lowest BCUT2D eigenvalue weighted by molar-refractivity contribution is 0.484. The lowest BCUT2D eigenvalue weighted by Crippen LogP contribution is -2.33. The fraction of sp³-hybridized carbons (Fsp3) is 0.429. The molecule has 0 spiro atoms. The summed E-state index contributed by atoms with van der Waals surface area (Å²) in [4.78, 5) is 0. The van der Waals surface area contributed by atoms with Crippen molar-refractivity contribution in [1.82, 2.24) is 0 Å². The summed E-state index contributed by atoms with van der Waals surface area (Å²) in [5, 5.41) is 2.73. The summed E-state index contributed by atoms with van der Waals surface area (Å²) in [6, 6.07) is 7.64. The molecule has 3 unspecified atom stereocenters. The van der Waals surface area contributed by atoms with Crippen LogP contribution in [0.25, 0.3) is 11.0 Å². The lowest BCUT2D eigenvalue weighted by Gasteiger charge is -2.31. The zero-order valence-electron chi connectivity index (χ0n) is 10.6. The summed E-state index contributed by atoms with van der Waals surface area (Å²) in [5.41, 5.74) is 7.26. The topological polar surface area (TPSA) is 39.2 Å². The van der Waals surface area contributed by atoms with E-state index in [0.717, 1.165) is 21.8 Å². The Hall–Kier alpha value is -0.290. The Bertz CT molecular complexity index is 586. The number of thioether (sulfide) groups is 2. The third kappa shape index (κ3) is 2.77. The van der Waals surface area contributed by atoms with Crippen LogP contribution in [-0.4, -0.2) is 22.0 Å². The van der Waals surface area contributed by atoms with Gasteiger partial charge in [0.05, 0.1) is 6.04 Å². The van der Waals surface area contributed by atoms with Crippen LogP contribution in [0.15, 0.2) is 28.7 Å². The van der Waals surface area contributed by atoms with E-state index in [4.69, 9.17) is 21.8 Å². The molecule has 5 heteroatoms. The van der Waals surface area contributed by atoms with Gasteiger partial charge in [-0.3, -0.25) is 0 Å². The first-order valence-corrected chi connectivity index (χ1v) is 8.80. The van der Waals surface area contributed by atoms with Crippen LogP contribution in [0.3, 0.4) is 0 Å². The molecular formula is C14H16ClNOS2. The molecule has 0 aliphatic carbocycles. The first-order valence-electron chi connectivity index (χ1n) is 6.33. The summed E-state index contributed by atoms with van der Waals surface area (Å²) in [7, 11) is 0. The van der Waals surface area contributed by atoms with Crippen LogP contribution in [0.4, 0.5) is 0 Å². The number of halogens is 1. The molecule has 1 aliphatic heterocycles. The maximum atomic E-state index is 6.40. The Morgan fingerprint density at radius 2 is 2.11 bits per heavy atom. The molecule has 2 nitrogen and oxygen atoms in total. The van der Waals surface area contributed by atoms with E-state index in [1.165, 1.54) is 11.5 Å². The Balaban J connectivity index is 1.90. The molecule has 1 fully saturated rings. The van der Waals surface area contributed by atoms with Crippen LogP contribution < -0.4 is 5.73 Å². The van der Waals surface area contributed by atoms with Crippen molar-refractivity contribution in [3.8, 4) is 0 Å². The Kier molecular flexibility index (Phi) is 4.03. The molecule has 2 N–H and O–H groups in total. The van der Waals surface area contributed by atoms with E-state index in [0.29, 0.717) is 10.5 Å². The molecule has 3 rings (SSSR count). The van der Waals surface area contributed by atoms with Gasteiger partial charge in [0.1, 0.15) is 11.3 Å². The summed E-state index contributed by atoms with van der Waals surface area (Å²) in [6.45, 7) is 2.25. The Labute approximate surface area is 126 Å². The second-order valence-corrected chi connectivity index (χ2v) is 7.98. The van der Waals surface area contributed by atoms with Gasteiger partial charge in [-0.2, -0.15) is 23.5 Å². The van der Waals surface area contributed by atoms with Crippen molar-refractivity contribution in [2.45, 2.75) is 23.5 Å². The van der Waals surface area contributed by atoms with Gasteiger partial charge in [-0.1, -0.05) is 18.5 Å². The van der Waals surface area contributed by atoms with E-state index in [-0.39, 0.29) is 6.04 Å². The zero-order chi connectivity index (χ0) is 13.4. The predicted molar refractivity (Wildman–Crippen MR) is 86.3 cm³/mol. The predicted octanol–water partition coefficient (Wildman–Crippen LogP) is 4.32. The van der Waals surface area contributed by atoms with Gasteiger partial charge in [0.2, 0.25) is 0 Å². The van der Waals surface area contributed by atoms with Crippen LogP contribution >= 0.6 is 35.1 Å². The second-order valence-electron chi connectivity index (χ2n) is 4.77. The first kappa shape index (κ1) is 13.7. The van der Waals surface area contributed by atoms with Gasteiger partial charge in [-0.25, -0.2) is 0 Å². The highest BCUT2D eigenvalue weighted by Crippen LogP contribution is 2.38. The monoisotopic (exact) mass is 313 g/mol. The minimum absolute atomic E-state index is 0.0565. The molecule has 1 aliphatic rings. The third-order valence-electron chi connectivity index (χ3n) is 3.42. The molecule has 1 aromatic heterocycles. The minimum Gasteiger partial charge on any atom is -0.459 e. The molecule has 0 radical (unpaired) electrons. The van der Waals surface area contributed by atoms with E-state index in [9.17, 15) is 0 Å². The largest absolute Gasteiger partial charge is 0.459 e. The number of nitrogens with two attached hydrogens (primary N) is 1. The van der Waals surface area contributed by atoms with E-state index in [2.05, 4.69) is 6.92 Å². The van der Waals surface area contributed by atoms with Crippen molar-refractivity contribution in [2.24, 2.45) is 5.73 Å². The molecule has 2 heterocycles. The van der Waals surface area contributed by atoms with E-state index < -0.39 is 0 Å². The molecule has 3 atom stereocenters. The summed E-state index contributed by atoms with van der Waals surface area (Å²) >= 11 is 9.95. The molecule has 0 saturated carbocycles. The molecule has 102 valence electrons. The van der Waals surface area contributed by atoms with Gasteiger partial charge in [0.15, 0.2) is 0 Å². The summed E-state index contributed by atoms with van der Waals surface area (Å²) in [5.74, 6) is 3.24. The van der Waals surface area contributed by atoms with E-state index >= 15 is 0 Å². The molecule has 2 aromatic rings. The molecule has 19 heavy (non-hydrogen) atoms. The third-order valence-corrected chi connectivity index (χ3v) is 6.87. The SMILES string of the molecule is CC1SCCSC1C(N)c1cc2cc(Cl)ccc2o1. The second kappa shape index (κ2) is 5.60. The molecule has 0 bridgehead atoms. The van der Waals surface area contributed by atoms with Crippen LogP contribution in [0.1, 0.15) is 18.7 Å². The maximum absolute atomic E-state index is 6.40. The number of benzene rings is 1. The van der Waals surface area contributed by atoms with Crippen LogP contribution in [0.2, 0.25) is 5.02 Å². The average Bonchev–Trinajstić information content (AvgIpc) is 2.81. The fourth-order valence-electron chi connectivity index (χ4n) is 2.41. The van der Waals surface area contributed by atoms with Crippen molar-refractivity contribution >= 4 is 46.1 Å². The Morgan fingerprint density at radius 1 is 1.32 bits per heavy atom. The van der Waals surface area contributed by atoms with Gasteiger partial charge in [0, 0.05) is 32.4 Å². The summed E-state index contributed by atoms with van der Waals surface area (Å²) in [6.07, 6.45) is 0. The van der Waals surface area contributed by atoms with Gasteiger partial charge in [-0.15, -0.1) is 0 Å². The number of rotatable bonds is 2. The highest BCUT2D eigenvalue weighted by Gasteiger charge is 2.30. The normalized spacial score (nSPS) is 25.6. The van der Waals surface area contributed by atoms with Crippen molar-refractivity contribution in [3.63, 3.8) is 0 Å². The van der Waals surface area contributed by atoms with Gasteiger partial charge in [0.25, 0.3) is 0 Å². The first-order chi connectivity index (χ1) is 9.15. The number of hydrogen-bond donors (Lipinski definition) is 1. The van der Waals surface area contributed by atoms with E-state index in [1.54, 1.807) is 0 Å². The maximum Gasteiger partial charge on any atom is 0.134 e. The number of fused-ring (bicyclic) bond motifs is 1. The number of furan rings is 1.